The summed E-state index contributed by atoms with van der Waals surface area (Å²) in [6.45, 7) is 1.54. The maximum Gasteiger partial charge on any atom is 0.321 e. The fraction of sp³-hybridized carbons (Fsp3) is 0.400. The van der Waals surface area contributed by atoms with Crippen molar-refractivity contribution in [2.75, 3.05) is 26.2 Å². The second kappa shape index (κ2) is 10.8. The number of urea groups is 1. The number of nitrogens with zero attached hydrogens (tertiary/aromatic N) is 1. The molecule has 1 fully saturated rings. The zero-order chi connectivity index (χ0) is 22.3. The van der Waals surface area contributed by atoms with Gasteiger partial charge in [0.2, 0.25) is 15.9 Å². The Bertz CT molecular complexity index is 973. The molecule has 0 unspecified atom stereocenters. The Hall–Kier alpha value is -2.34. The molecule has 1 aromatic heterocycles. The molecule has 0 atom stereocenters. The van der Waals surface area contributed by atoms with Crippen LogP contribution >= 0.6 is 11.3 Å². The van der Waals surface area contributed by atoms with Crippen molar-refractivity contribution < 1.29 is 22.4 Å². The number of likely N-dealkylation sites (tertiary alicyclic amines) is 1. The minimum absolute atomic E-state index is 0.0146. The molecule has 3 rings (SSSR count). The molecule has 0 aliphatic carbocycles. The number of thiophene rings is 1. The van der Waals surface area contributed by atoms with E-state index in [1.807, 2.05) is 22.4 Å². The topological polar surface area (TPSA) is 108 Å². The van der Waals surface area contributed by atoms with E-state index >= 15 is 0 Å². The van der Waals surface area contributed by atoms with Crippen LogP contribution in [0.5, 0.6) is 0 Å². The number of piperidine rings is 1. The third-order valence-corrected chi connectivity index (χ3v) is 7.36. The minimum atomic E-state index is -3.73. The predicted octanol–water partition coefficient (Wildman–Crippen LogP) is 1.70. The number of nitrogens with one attached hydrogen (secondary N) is 3. The lowest BCUT2D eigenvalue weighted by Gasteiger charge is -2.31. The third kappa shape index (κ3) is 7.39. The largest absolute Gasteiger partial charge is 0.337 e. The fourth-order valence-electron chi connectivity index (χ4n) is 3.28. The number of carbonyl (C=O) groups excluding carboxylic acids is 2. The molecule has 0 saturated carbocycles. The maximum absolute atomic E-state index is 13.0. The first kappa shape index (κ1) is 23.3. The van der Waals surface area contributed by atoms with E-state index < -0.39 is 27.8 Å². The highest BCUT2D eigenvalue weighted by Gasteiger charge is 2.25. The Balaban J connectivity index is 1.36. The van der Waals surface area contributed by atoms with Crippen molar-refractivity contribution in [3.63, 3.8) is 0 Å². The average Bonchev–Trinajstić information content (AvgIpc) is 3.23. The van der Waals surface area contributed by atoms with Gasteiger partial charge in [-0.25, -0.2) is 22.3 Å². The summed E-state index contributed by atoms with van der Waals surface area (Å²) in [6, 6.07) is 7.80. The second-order valence-corrected chi connectivity index (χ2v) is 10.0. The Labute approximate surface area is 184 Å². The van der Waals surface area contributed by atoms with Crippen LogP contribution in [-0.4, -0.2) is 57.5 Å². The van der Waals surface area contributed by atoms with Crippen LogP contribution < -0.4 is 15.4 Å². The summed E-state index contributed by atoms with van der Waals surface area (Å²) in [6.07, 6.45) is 1.77. The molecule has 1 aliphatic rings. The van der Waals surface area contributed by atoms with E-state index in [4.69, 9.17) is 0 Å². The highest BCUT2D eigenvalue weighted by molar-refractivity contribution is 7.89. The molecule has 3 amide bonds. The summed E-state index contributed by atoms with van der Waals surface area (Å²) in [4.78, 5) is 27.0. The molecule has 1 aliphatic heterocycles. The van der Waals surface area contributed by atoms with Crippen molar-refractivity contribution in [2.45, 2.75) is 30.2 Å². The van der Waals surface area contributed by atoms with Gasteiger partial charge in [-0.2, -0.15) is 0 Å². The average molecular weight is 469 g/mol. The molecule has 2 aromatic rings. The number of sulfonamides is 1. The van der Waals surface area contributed by atoms with E-state index in [9.17, 15) is 22.4 Å². The number of carbonyl (C=O) groups is 2. The standard InChI is InChI=1S/C20H25FN4O4S2/c21-15-3-5-18(6-4-15)31(28,29)24-16-8-11-25(12-9-16)14-19(26)23-20(27)22-10-7-17-2-1-13-30-17/h1-6,13,16,24H,7-12,14H2,(H2,22,23,26,27). The predicted molar refractivity (Wildman–Crippen MR) is 116 cm³/mol. The first-order chi connectivity index (χ1) is 14.8. The number of halogens is 1. The number of imide groups is 1. The number of benzene rings is 1. The van der Waals surface area contributed by atoms with Crippen molar-refractivity contribution in [3.05, 3.63) is 52.5 Å². The quantitative estimate of drug-likeness (QED) is 0.547. The van der Waals surface area contributed by atoms with E-state index in [2.05, 4.69) is 15.4 Å². The fourth-order valence-corrected chi connectivity index (χ4v) is 5.29. The van der Waals surface area contributed by atoms with Gasteiger partial charge in [0, 0.05) is 30.6 Å². The number of hydrogen-bond donors (Lipinski definition) is 3. The zero-order valence-electron chi connectivity index (χ0n) is 16.8. The van der Waals surface area contributed by atoms with Crippen LogP contribution in [0.4, 0.5) is 9.18 Å². The van der Waals surface area contributed by atoms with Gasteiger partial charge < -0.3 is 5.32 Å². The van der Waals surface area contributed by atoms with Crippen LogP contribution in [0, 0.1) is 5.82 Å². The van der Waals surface area contributed by atoms with Crippen molar-refractivity contribution in [1.82, 2.24) is 20.3 Å². The van der Waals surface area contributed by atoms with Crippen LogP contribution in [0.15, 0.2) is 46.7 Å². The summed E-state index contributed by atoms with van der Waals surface area (Å²) < 4.78 is 40.4. The van der Waals surface area contributed by atoms with Crippen molar-refractivity contribution in [2.24, 2.45) is 0 Å². The Morgan fingerprint density at radius 1 is 1.13 bits per heavy atom. The van der Waals surface area contributed by atoms with E-state index in [1.54, 1.807) is 11.3 Å². The molecule has 0 bridgehead atoms. The third-order valence-electron chi connectivity index (χ3n) is 4.89. The van der Waals surface area contributed by atoms with Crippen molar-refractivity contribution in [3.8, 4) is 0 Å². The van der Waals surface area contributed by atoms with Gasteiger partial charge in [-0.05, 0) is 55.0 Å². The molecule has 31 heavy (non-hydrogen) atoms. The SMILES string of the molecule is O=C(CN1CCC(NS(=O)(=O)c2ccc(F)cc2)CC1)NC(=O)NCCc1cccs1. The first-order valence-electron chi connectivity index (χ1n) is 9.92. The second-order valence-electron chi connectivity index (χ2n) is 7.26. The lowest BCUT2D eigenvalue weighted by atomic mass is 10.1. The van der Waals surface area contributed by atoms with E-state index in [0.29, 0.717) is 38.9 Å². The van der Waals surface area contributed by atoms with E-state index in [-0.39, 0.29) is 17.5 Å². The van der Waals surface area contributed by atoms with E-state index in [0.717, 1.165) is 17.0 Å². The van der Waals surface area contributed by atoms with Gasteiger partial charge in [-0.15, -0.1) is 11.3 Å². The summed E-state index contributed by atoms with van der Waals surface area (Å²) in [7, 11) is -3.73. The summed E-state index contributed by atoms with van der Waals surface area (Å²) in [5, 5.41) is 6.94. The minimum Gasteiger partial charge on any atom is -0.337 e. The van der Waals surface area contributed by atoms with Gasteiger partial charge >= 0.3 is 6.03 Å². The monoisotopic (exact) mass is 468 g/mol. The summed E-state index contributed by atoms with van der Waals surface area (Å²) in [5.41, 5.74) is 0. The molecule has 0 radical (unpaired) electrons. The van der Waals surface area contributed by atoms with Gasteiger partial charge in [0.25, 0.3) is 0 Å². The highest BCUT2D eigenvalue weighted by Crippen LogP contribution is 2.15. The number of rotatable bonds is 8. The molecule has 1 saturated heterocycles. The molecule has 11 heteroatoms. The molecule has 2 heterocycles. The molecular weight excluding hydrogens is 443 g/mol. The summed E-state index contributed by atoms with van der Waals surface area (Å²) >= 11 is 1.61. The maximum atomic E-state index is 13.0. The normalized spacial score (nSPS) is 15.5. The van der Waals surface area contributed by atoms with Gasteiger partial charge in [0.05, 0.1) is 11.4 Å². The molecule has 0 spiro atoms. The molecule has 3 N–H and O–H groups in total. The van der Waals surface area contributed by atoms with Crippen molar-refractivity contribution in [1.29, 1.82) is 0 Å². The van der Waals surface area contributed by atoms with E-state index in [1.165, 1.54) is 12.1 Å². The van der Waals surface area contributed by atoms with Crippen LogP contribution in [-0.2, 0) is 21.2 Å². The Morgan fingerprint density at radius 2 is 1.84 bits per heavy atom. The van der Waals surface area contributed by atoms with Crippen LogP contribution in [0.3, 0.4) is 0 Å². The number of hydrogen-bond acceptors (Lipinski definition) is 6. The van der Waals surface area contributed by atoms with Gasteiger partial charge in [-0.1, -0.05) is 6.07 Å². The zero-order valence-corrected chi connectivity index (χ0v) is 18.5. The first-order valence-corrected chi connectivity index (χ1v) is 12.3. The van der Waals surface area contributed by atoms with Gasteiger partial charge in [0.1, 0.15) is 5.82 Å². The molecule has 168 valence electrons. The Kier molecular flexibility index (Phi) is 8.13. The van der Waals surface area contributed by atoms with Gasteiger partial charge in [-0.3, -0.25) is 15.0 Å². The Morgan fingerprint density at radius 3 is 2.48 bits per heavy atom. The highest BCUT2D eigenvalue weighted by atomic mass is 32.2. The smallest absolute Gasteiger partial charge is 0.321 e. The molecule has 8 nitrogen and oxygen atoms in total. The van der Waals surface area contributed by atoms with Crippen LogP contribution in [0.1, 0.15) is 17.7 Å². The summed E-state index contributed by atoms with van der Waals surface area (Å²) in [5.74, 6) is -0.902. The van der Waals surface area contributed by atoms with Gasteiger partial charge in [0.15, 0.2) is 0 Å². The molecular formula is C20H25FN4O4S2. The number of amides is 3. The lowest BCUT2D eigenvalue weighted by Crippen LogP contribution is -2.49. The van der Waals surface area contributed by atoms with Crippen molar-refractivity contribution >= 4 is 33.3 Å². The van der Waals surface area contributed by atoms with Crippen LogP contribution in [0.2, 0.25) is 0 Å². The molecule has 1 aromatic carbocycles. The van der Waals surface area contributed by atoms with Crippen LogP contribution in [0.25, 0.3) is 0 Å². The lowest BCUT2D eigenvalue weighted by molar-refractivity contribution is -0.121.